The van der Waals surface area contributed by atoms with E-state index in [1.54, 1.807) is 0 Å². The molecule has 0 aliphatic heterocycles. The van der Waals surface area contributed by atoms with Gasteiger partial charge >= 0.3 is 0 Å². The van der Waals surface area contributed by atoms with Crippen molar-refractivity contribution >= 4 is 6.29 Å². The fourth-order valence-electron chi connectivity index (χ4n) is 1.24. The summed E-state index contributed by atoms with van der Waals surface area (Å²) in [6.07, 6.45) is 7.99. The van der Waals surface area contributed by atoms with Crippen LogP contribution in [-0.2, 0) is 4.79 Å². The van der Waals surface area contributed by atoms with Crippen molar-refractivity contribution in [2.45, 2.75) is 20.3 Å². The third-order valence-electron chi connectivity index (χ3n) is 2.15. The summed E-state index contributed by atoms with van der Waals surface area (Å²) in [7, 11) is 0. The molecule has 0 aromatic rings. The molecule has 1 heteroatoms. The van der Waals surface area contributed by atoms with Crippen LogP contribution in [0.15, 0.2) is 23.8 Å². The van der Waals surface area contributed by atoms with Crippen LogP contribution in [0.3, 0.4) is 0 Å². The molecule has 0 bridgehead atoms. The van der Waals surface area contributed by atoms with E-state index in [0.29, 0.717) is 11.8 Å². The average molecular weight is 150 g/mol. The first-order valence-corrected chi connectivity index (χ1v) is 4.07. The minimum atomic E-state index is 0.624. The predicted octanol–water partition coefficient (Wildman–Crippen LogP) is 2.34. The Labute approximate surface area is 67.8 Å². The summed E-state index contributed by atoms with van der Waals surface area (Å²) < 4.78 is 0. The van der Waals surface area contributed by atoms with Crippen molar-refractivity contribution in [1.29, 1.82) is 0 Å². The fraction of sp³-hybridized carbons (Fsp3) is 0.500. The van der Waals surface area contributed by atoms with Gasteiger partial charge in [0.15, 0.2) is 0 Å². The molecule has 0 aromatic heterocycles. The molecule has 0 heterocycles. The van der Waals surface area contributed by atoms with Gasteiger partial charge < -0.3 is 0 Å². The second-order valence-electron chi connectivity index (χ2n) is 3.32. The van der Waals surface area contributed by atoms with Gasteiger partial charge in [-0.05, 0) is 18.3 Å². The van der Waals surface area contributed by atoms with Crippen molar-refractivity contribution in [3.05, 3.63) is 23.8 Å². The van der Waals surface area contributed by atoms with E-state index in [4.69, 9.17) is 0 Å². The molecular weight excluding hydrogens is 136 g/mol. The Morgan fingerprint density at radius 2 is 2.36 bits per heavy atom. The van der Waals surface area contributed by atoms with E-state index < -0.39 is 0 Å². The minimum absolute atomic E-state index is 0.624. The largest absolute Gasteiger partial charge is 0.298 e. The maximum Gasteiger partial charge on any atom is 0.149 e. The first-order valence-electron chi connectivity index (χ1n) is 4.07. The quantitative estimate of drug-likeness (QED) is 0.552. The number of hydrogen-bond acceptors (Lipinski definition) is 1. The molecule has 1 nitrogen and oxygen atoms in total. The van der Waals surface area contributed by atoms with Gasteiger partial charge in [-0.15, -0.1) is 0 Å². The standard InChI is InChI=1S/C10H14O/c1-8(2)10-5-3-9(7-11)4-6-10/h3-5,7-8,10H,6H2,1-2H3/t10-/m1/s1. The van der Waals surface area contributed by atoms with Gasteiger partial charge in [-0.25, -0.2) is 0 Å². The van der Waals surface area contributed by atoms with Gasteiger partial charge in [0.2, 0.25) is 0 Å². The zero-order chi connectivity index (χ0) is 8.27. The summed E-state index contributed by atoms with van der Waals surface area (Å²) in [6.45, 7) is 4.41. The van der Waals surface area contributed by atoms with Crippen molar-refractivity contribution in [3.8, 4) is 0 Å². The summed E-state index contributed by atoms with van der Waals surface area (Å²) in [6, 6.07) is 0. The van der Waals surface area contributed by atoms with Crippen molar-refractivity contribution in [2.75, 3.05) is 0 Å². The first kappa shape index (κ1) is 8.25. The Bertz CT molecular complexity index is 199. The summed E-state index contributed by atoms with van der Waals surface area (Å²) >= 11 is 0. The highest BCUT2D eigenvalue weighted by Crippen LogP contribution is 2.22. The molecule has 0 amide bonds. The van der Waals surface area contributed by atoms with Crippen molar-refractivity contribution in [3.63, 3.8) is 0 Å². The number of carbonyl (C=O) groups excluding carboxylic acids is 1. The zero-order valence-electron chi connectivity index (χ0n) is 7.08. The third-order valence-corrected chi connectivity index (χ3v) is 2.15. The molecule has 1 aliphatic rings. The number of aldehydes is 1. The summed E-state index contributed by atoms with van der Waals surface area (Å²) in [5.74, 6) is 1.30. The van der Waals surface area contributed by atoms with E-state index in [-0.39, 0.29) is 0 Å². The predicted molar refractivity (Wildman–Crippen MR) is 46.2 cm³/mol. The highest BCUT2D eigenvalue weighted by molar-refractivity contribution is 5.77. The lowest BCUT2D eigenvalue weighted by molar-refractivity contribution is -0.104. The molecule has 1 rings (SSSR count). The van der Waals surface area contributed by atoms with Gasteiger partial charge in [-0.3, -0.25) is 4.79 Å². The van der Waals surface area contributed by atoms with Gasteiger partial charge in [-0.1, -0.05) is 32.1 Å². The number of allylic oxidation sites excluding steroid dienone is 4. The van der Waals surface area contributed by atoms with E-state index >= 15 is 0 Å². The number of hydrogen-bond donors (Lipinski definition) is 0. The second-order valence-corrected chi connectivity index (χ2v) is 3.32. The smallest absolute Gasteiger partial charge is 0.149 e. The molecule has 1 atom stereocenters. The van der Waals surface area contributed by atoms with Crippen molar-refractivity contribution in [2.24, 2.45) is 11.8 Å². The highest BCUT2D eigenvalue weighted by Gasteiger charge is 2.11. The van der Waals surface area contributed by atoms with Gasteiger partial charge in [0.05, 0.1) is 0 Å². The van der Waals surface area contributed by atoms with E-state index in [1.165, 1.54) is 0 Å². The molecule has 60 valence electrons. The second kappa shape index (κ2) is 3.51. The molecule has 0 unspecified atom stereocenters. The minimum Gasteiger partial charge on any atom is -0.298 e. The highest BCUT2D eigenvalue weighted by atomic mass is 16.1. The molecule has 0 aromatic carbocycles. The van der Waals surface area contributed by atoms with Crippen LogP contribution in [0, 0.1) is 11.8 Å². The Balaban J connectivity index is 2.57. The normalized spacial score (nSPS) is 23.5. The third kappa shape index (κ3) is 2.04. The SMILES string of the molecule is CC(C)[C@@H]1C=CC(C=O)=CC1. The van der Waals surface area contributed by atoms with Crippen LogP contribution in [0.1, 0.15) is 20.3 Å². The maximum atomic E-state index is 10.3. The van der Waals surface area contributed by atoms with Crippen LogP contribution < -0.4 is 0 Å². The number of rotatable bonds is 2. The zero-order valence-corrected chi connectivity index (χ0v) is 7.08. The average Bonchev–Trinajstić information content (AvgIpc) is 2.05. The molecule has 0 spiro atoms. The summed E-state index contributed by atoms with van der Waals surface area (Å²) in [5.41, 5.74) is 0.821. The fourth-order valence-corrected chi connectivity index (χ4v) is 1.24. The maximum absolute atomic E-state index is 10.3. The summed E-state index contributed by atoms with van der Waals surface area (Å²) in [5, 5.41) is 0. The Morgan fingerprint density at radius 3 is 2.73 bits per heavy atom. The van der Waals surface area contributed by atoms with Gasteiger partial charge in [0.25, 0.3) is 0 Å². The molecule has 1 aliphatic carbocycles. The first-order chi connectivity index (χ1) is 5.24. The van der Waals surface area contributed by atoms with Gasteiger partial charge in [0, 0.05) is 5.57 Å². The topological polar surface area (TPSA) is 17.1 Å². The van der Waals surface area contributed by atoms with Crippen LogP contribution in [0.2, 0.25) is 0 Å². The molecule has 0 radical (unpaired) electrons. The Kier molecular flexibility index (Phi) is 2.64. The van der Waals surface area contributed by atoms with E-state index in [2.05, 4.69) is 19.9 Å². The lowest BCUT2D eigenvalue weighted by atomic mass is 9.88. The molecule has 0 saturated carbocycles. The molecule has 0 N–H and O–H groups in total. The number of carbonyl (C=O) groups is 1. The Hall–Kier alpha value is -0.850. The van der Waals surface area contributed by atoms with Crippen molar-refractivity contribution < 1.29 is 4.79 Å². The van der Waals surface area contributed by atoms with Crippen LogP contribution in [0.5, 0.6) is 0 Å². The van der Waals surface area contributed by atoms with Gasteiger partial charge in [0.1, 0.15) is 6.29 Å². The van der Waals surface area contributed by atoms with E-state index in [1.807, 2.05) is 12.2 Å². The molecule has 0 fully saturated rings. The summed E-state index contributed by atoms with van der Waals surface area (Å²) in [4.78, 5) is 10.3. The Morgan fingerprint density at radius 1 is 1.64 bits per heavy atom. The van der Waals surface area contributed by atoms with E-state index in [0.717, 1.165) is 18.3 Å². The lowest BCUT2D eigenvalue weighted by Gasteiger charge is -2.17. The molecule has 11 heavy (non-hydrogen) atoms. The van der Waals surface area contributed by atoms with Gasteiger partial charge in [-0.2, -0.15) is 0 Å². The van der Waals surface area contributed by atoms with Crippen LogP contribution in [0.4, 0.5) is 0 Å². The monoisotopic (exact) mass is 150 g/mol. The lowest BCUT2D eigenvalue weighted by Crippen LogP contribution is -2.07. The van der Waals surface area contributed by atoms with Crippen molar-refractivity contribution in [1.82, 2.24) is 0 Å². The van der Waals surface area contributed by atoms with E-state index in [9.17, 15) is 4.79 Å². The molecule has 0 saturated heterocycles. The van der Waals surface area contributed by atoms with Crippen LogP contribution in [0.25, 0.3) is 0 Å². The molecular formula is C10H14O. The van der Waals surface area contributed by atoms with Crippen LogP contribution >= 0.6 is 0 Å². The van der Waals surface area contributed by atoms with Crippen LogP contribution in [-0.4, -0.2) is 6.29 Å².